The fourth-order valence-electron chi connectivity index (χ4n) is 3.54. The van der Waals surface area contributed by atoms with Crippen molar-refractivity contribution in [1.82, 2.24) is 4.57 Å². The average Bonchev–Trinajstić information content (AvgIpc) is 3.26. The zero-order chi connectivity index (χ0) is 19.0. The molecule has 0 radical (unpaired) electrons. The van der Waals surface area contributed by atoms with Crippen molar-refractivity contribution in [2.24, 2.45) is 0 Å². The Morgan fingerprint density at radius 2 is 1.96 bits per heavy atom. The summed E-state index contributed by atoms with van der Waals surface area (Å²) in [6.45, 7) is 1.06. The number of carbonyl (C=O) groups is 1. The number of rotatable bonds is 5. The molecule has 0 aliphatic carbocycles. The fourth-order valence-corrected chi connectivity index (χ4v) is 3.66. The average molecular weight is 463 g/mol. The Labute approximate surface area is 177 Å². The molecule has 0 saturated carbocycles. The van der Waals surface area contributed by atoms with E-state index in [0.717, 1.165) is 36.5 Å². The third-order valence-corrected chi connectivity index (χ3v) is 5.08. The molecule has 0 N–H and O–H groups in total. The van der Waals surface area contributed by atoms with Crippen molar-refractivity contribution >= 4 is 23.1 Å². The minimum atomic E-state index is -0.487. The number of aromatic nitrogens is 2. The lowest BCUT2D eigenvalue weighted by Gasteiger charge is -2.00. The molecular formula is C20H17BrClN3O3. The molecule has 1 aliphatic heterocycles. The number of Topliss-reactive ketones (excluding diaryl/α,β-unsaturated/α-hetero) is 1. The summed E-state index contributed by atoms with van der Waals surface area (Å²) in [4.78, 5) is 23.2. The van der Waals surface area contributed by atoms with Crippen LogP contribution >= 0.6 is 11.6 Å². The molecule has 0 bridgehead atoms. The summed E-state index contributed by atoms with van der Waals surface area (Å²) < 4.78 is 4.18. The van der Waals surface area contributed by atoms with Crippen LogP contribution in [0.25, 0.3) is 11.3 Å². The van der Waals surface area contributed by atoms with Gasteiger partial charge < -0.3 is 17.0 Å². The third kappa shape index (κ3) is 3.86. The Kier molecular flexibility index (Phi) is 5.96. The Bertz CT molecular complexity index is 1050. The van der Waals surface area contributed by atoms with E-state index < -0.39 is 4.92 Å². The molecule has 0 spiro atoms. The van der Waals surface area contributed by atoms with Gasteiger partial charge >= 0.3 is 0 Å². The minimum absolute atomic E-state index is 0. The molecule has 0 unspecified atom stereocenters. The van der Waals surface area contributed by atoms with Crippen molar-refractivity contribution < 1.29 is 31.3 Å². The van der Waals surface area contributed by atoms with E-state index in [1.54, 1.807) is 12.1 Å². The van der Waals surface area contributed by atoms with E-state index >= 15 is 0 Å². The van der Waals surface area contributed by atoms with E-state index in [4.69, 9.17) is 11.6 Å². The SMILES string of the molecule is O=C(C[n+]1cc(-c2ccc(Cl)cc2)n2c1CCC2)c1cccc([N+](=O)[O-])c1.[Br-]. The van der Waals surface area contributed by atoms with Crippen LogP contribution in [0, 0.1) is 10.1 Å². The number of benzene rings is 2. The maximum Gasteiger partial charge on any atom is 0.270 e. The van der Waals surface area contributed by atoms with Crippen LogP contribution in [0.15, 0.2) is 54.7 Å². The zero-order valence-corrected chi connectivity index (χ0v) is 17.2. The van der Waals surface area contributed by atoms with Gasteiger partial charge in [0.05, 0.1) is 17.9 Å². The molecular weight excluding hydrogens is 446 g/mol. The second-order valence-corrected chi connectivity index (χ2v) is 6.99. The van der Waals surface area contributed by atoms with Gasteiger partial charge in [-0.15, -0.1) is 0 Å². The number of imidazole rings is 1. The Hall–Kier alpha value is -2.51. The molecule has 3 aromatic rings. The summed E-state index contributed by atoms with van der Waals surface area (Å²) in [5, 5.41) is 11.6. The monoisotopic (exact) mass is 461 g/mol. The van der Waals surface area contributed by atoms with E-state index in [-0.39, 0.29) is 35.0 Å². The predicted octanol–water partition coefficient (Wildman–Crippen LogP) is 0.837. The minimum Gasteiger partial charge on any atom is -1.00 e. The van der Waals surface area contributed by atoms with Crippen LogP contribution in [0.3, 0.4) is 0 Å². The van der Waals surface area contributed by atoms with Gasteiger partial charge in [0, 0.05) is 28.3 Å². The normalized spacial score (nSPS) is 12.3. The third-order valence-electron chi connectivity index (χ3n) is 4.83. The number of nitro benzene ring substituents is 1. The molecule has 2 aromatic carbocycles. The largest absolute Gasteiger partial charge is 1.00 e. The van der Waals surface area contributed by atoms with Crippen molar-refractivity contribution in [3.05, 3.63) is 81.3 Å². The van der Waals surface area contributed by atoms with Crippen molar-refractivity contribution in [3.8, 4) is 11.3 Å². The molecule has 0 atom stereocenters. The second-order valence-electron chi connectivity index (χ2n) is 6.55. The molecule has 28 heavy (non-hydrogen) atoms. The zero-order valence-electron chi connectivity index (χ0n) is 14.8. The first-order valence-corrected chi connectivity index (χ1v) is 9.06. The van der Waals surface area contributed by atoms with E-state index in [2.05, 4.69) is 4.57 Å². The summed E-state index contributed by atoms with van der Waals surface area (Å²) in [7, 11) is 0. The molecule has 1 aromatic heterocycles. The molecule has 6 nitrogen and oxygen atoms in total. The number of carbonyl (C=O) groups excluding carboxylic acids is 1. The van der Waals surface area contributed by atoms with E-state index in [1.165, 1.54) is 12.1 Å². The fraction of sp³-hybridized carbons (Fsp3) is 0.200. The quantitative estimate of drug-likeness (QED) is 0.244. The first kappa shape index (κ1) is 20.2. The number of hydrogen-bond donors (Lipinski definition) is 0. The lowest BCUT2D eigenvalue weighted by molar-refractivity contribution is -0.689. The van der Waals surface area contributed by atoms with Crippen LogP contribution in [0.2, 0.25) is 5.02 Å². The van der Waals surface area contributed by atoms with Gasteiger partial charge in [-0.3, -0.25) is 14.9 Å². The van der Waals surface area contributed by atoms with Gasteiger partial charge in [0.15, 0.2) is 12.2 Å². The van der Waals surface area contributed by atoms with E-state index in [9.17, 15) is 14.9 Å². The van der Waals surface area contributed by atoms with Gasteiger partial charge in [-0.2, -0.15) is 0 Å². The summed E-state index contributed by atoms with van der Waals surface area (Å²) in [5.74, 6) is 0.949. The van der Waals surface area contributed by atoms with Crippen molar-refractivity contribution in [3.63, 3.8) is 0 Å². The van der Waals surface area contributed by atoms with Crippen molar-refractivity contribution in [2.45, 2.75) is 25.9 Å². The summed E-state index contributed by atoms with van der Waals surface area (Å²) in [6, 6.07) is 13.5. The first-order chi connectivity index (χ1) is 13.0. The van der Waals surface area contributed by atoms with Crippen LogP contribution < -0.4 is 21.5 Å². The standard InChI is InChI=1S/C20H17ClN3O3.BrH/c21-16-8-6-14(7-9-16)18-12-22(20-5-2-10-23(18)20)13-19(25)15-3-1-4-17(11-15)24(26)27;/h1,3-4,6-9,11-12H,2,5,10,13H2;1H/q+1;/p-1. The van der Waals surface area contributed by atoms with Gasteiger partial charge in [-0.25, -0.2) is 9.13 Å². The smallest absolute Gasteiger partial charge is 0.270 e. The number of non-ortho nitro benzene ring substituents is 1. The molecule has 8 heteroatoms. The number of halogens is 2. The van der Waals surface area contributed by atoms with Crippen LogP contribution in [0.4, 0.5) is 5.69 Å². The molecule has 144 valence electrons. The highest BCUT2D eigenvalue weighted by molar-refractivity contribution is 6.30. The van der Waals surface area contributed by atoms with Crippen LogP contribution in [0.1, 0.15) is 22.6 Å². The lowest BCUT2D eigenvalue weighted by atomic mass is 10.1. The van der Waals surface area contributed by atoms with Crippen molar-refractivity contribution in [1.29, 1.82) is 0 Å². The molecule has 0 fully saturated rings. The van der Waals surface area contributed by atoms with Crippen LogP contribution in [0.5, 0.6) is 0 Å². The molecule has 0 saturated heterocycles. The van der Waals surface area contributed by atoms with Crippen LogP contribution in [-0.2, 0) is 19.5 Å². The van der Waals surface area contributed by atoms with E-state index in [0.29, 0.717) is 10.6 Å². The number of fused-ring (bicyclic) bond motifs is 1. The molecule has 1 aliphatic rings. The summed E-state index contributed by atoms with van der Waals surface area (Å²) >= 11 is 5.99. The molecule has 2 heterocycles. The highest BCUT2D eigenvalue weighted by Gasteiger charge is 2.30. The Morgan fingerprint density at radius 1 is 1.21 bits per heavy atom. The number of hydrogen-bond acceptors (Lipinski definition) is 3. The van der Waals surface area contributed by atoms with E-state index in [1.807, 2.05) is 35.0 Å². The number of nitrogens with zero attached hydrogens (tertiary/aromatic N) is 3. The maximum atomic E-state index is 12.7. The highest BCUT2D eigenvalue weighted by Crippen LogP contribution is 2.26. The number of nitro groups is 1. The predicted molar refractivity (Wildman–Crippen MR) is 101 cm³/mol. The summed E-state index contributed by atoms with van der Waals surface area (Å²) in [5.41, 5.74) is 2.37. The second kappa shape index (κ2) is 8.24. The van der Waals surface area contributed by atoms with Gasteiger partial charge in [0.25, 0.3) is 11.5 Å². The Morgan fingerprint density at radius 3 is 2.68 bits per heavy atom. The van der Waals surface area contributed by atoms with Gasteiger partial charge in [-0.05, 0) is 30.7 Å². The van der Waals surface area contributed by atoms with Crippen LogP contribution in [-0.4, -0.2) is 15.3 Å². The highest BCUT2D eigenvalue weighted by atomic mass is 79.9. The maximum absolute atomic E-state index is 12.7. The number of ketones is 1. The lowest BCUT2D eigenvalue weighted by Crippen LogP contribution is -3.00. The topological polar surface area (TPSA) is 69.0 Å². The Balaban J connectivity index is 0.00000225. The van der Waals surface area contributed by atoms with Gasteiger partial charge in [0.2, 0.25) is 5.78 Å². The molecule has 4 rings (SSSR count). The molecule has 0 amide bonds. The van der Waals surface area contributed by atoms with Gasteiger partial charge in [0.1, 0.15) is 6.20 Å². The first-order valence-electron chi connectivity index (χ1n) is 8.68. The summed E-state index contributed by atoms with van der Waals surface area (Å²) in [6.07, 6.45) is 3.91. The van der Waals surface area contributed by atoms with Gasteiger partial charge in [-0.1, -0.05) is 23.7 Å². The van der Waals surface area contributed by atoms with Crippen molar-refractivity contribution in [2.75, 3.05) is 0 Å².